The molecule has 0 saturated heterocycles. The Morgan fingerprint density at radius 1 is 1.00 bits per heavy atom. The number of nitrogens with zero attached hydrogens (tertiary/aromatic N) is 2. The SMILES string of the molecule is CN(C(=O)c1ccc(CN2CCc3ccccc32)cc1)c1ccc(F)c(F)c1. The summed E-state index contributed by atoms with van der Waals surface area (Å²) in [5.41, 5.74) is 4.55. The third kappa shape index (κ3) is 3.48. The standard InChI is InChI=1S/C23H20F2N2O/c1-26(19-10-11-20(24)21(25)14-19)23(28)18-8-6-16(7-9-18)15-27-13-12-17-4-2-3-5-22(17)27/h2-11,14H,12-13,15H2,1H3. The Bertz CT molecular complexity index is 1020. The maximum atomic E-state index is 13.4. The van der Waals surface area contributed by atoms with Gasteiger partial charge in [0.2, 0.25) is 0 Å². The van der Waals surface area contributed by atoms with E-state index in [0.29, 0.717) is 11.3 Å². The topological polar surface area (TPSA) is 23.6 Å². The number of anilines is 2. The summed E-state index contributed by atoms with van der Waals surface area (Å²) in [6.07, 6.45) is 1.05. The molecule has 1 aliphatic heterocycles. The van der Waals surface area contributed by atoms with Crippen LogP contribution in [0.25, 0.3) is 0 Å². The van der Waals surface area contributed by atoms with E-state index in [-0.39, 0.29) is 5.91 Å². The average Bonchev–Trinajstić information content (AvgIpc) is 3.12. The first-order chi connectivity index (χ1) is 13.5. The van der Waals surface area contributed by atoms with E-state index in [2.05, 4.69) is 23.1 Å². The minimum absolute atomic E-state index is 0.274. The van der Waals surface area contributed by atoms with Gasteiger partial charge in [-0.25, -0.2) is 8.78 Å². The Morgan fingerprint density at radius 2 is 1.75 bits per heavy atom. The van der Waals surface area contributed by atoms with Crippen molar-refractivity contribution in [1.82, 2.24) is 0 Å². The molecule has 1 aliphatic rings. The summed E-state index contributed by atoms with van der Waals surface area (Å²) in [6.45, 7) is 1.77. The van der Waals surface area contributed by atoms with Gasteiger partial charge in [-0.05, 0) is 47.9 Å². The maximum absolute atomic E-state index is 13.4. The van der Waals surface area contributed by atoms with Gasteiger partial charge in [-0.3, -0.25) is 4.79 Å². The second-order valence-electron chi connectivity index (χ2n) is 6.96. The Balaban J connectivity index is 1.47. The van der Waals surface area contributed by atoms with E-state index < -0.39 is 11.6 Å². The number of halogens is 2. The van der Waals surface area contributed by atoms with E-state index in [1.165, 1.54) is 22.2 Å². The van der Waals surface area contributed by atoms with Gasteiger partial charge in [0.05, 0.1) is 0 Å². The van der Waals surface area contributed by atoms with E-state index in [0.717, 1.165) is 37.2 Å². The van der Waals surface area contributed by atoms with Crippen LogP contribution in [-0.2, 0) is 13.0 Å². The molecule has 5 heteroatoms. The monoisotopic (exact) mass is 378 g/mol. The summed E-state index contributed by atoms with van der Waals surface area (Å²) < 4.78 is 26.5. The third-order valence-corrected chi connectivity index (χ3v) is 5.15. The van der Waals surface area contributed by atoms with Crippen molar-refractivity contribution in [1.29, 1.82) is 0 Å². The molecule has 142 valence electrons. The van der Waals surface area contributed by atoms with Crippen LogP contribution in [0.15, 0.2) is 66.7 Å². The number of amides is 1. The molecule has 0 bridgehead atoms. The van der Waals surface area contributed by atoms with Gasteiger partial charge >= 0.3 is 0 Å². The molecule has 0 N–H and O–H groups in total. The van der Waals surface area contributed by atoms with Crippen LogP contribution in [-0.4, -0.2) is 19.5 Å². The zero-order chi connectivity index (χ0) is 19.7. The molecule has 1 heterocycles. The van der Waals surface area contributed by atoms with Crippen LogP contribution in [0.4, 0.5) is 20.2 Å². The van der Waals surface area contributed by atoms with Crippen molar-refractivity contribution >= 4 is 17.3 Å². The van der Waals surface area contributed by atoms with Crippen molar-refractivity contribution in [2.45, 2.75) is 13.0 Å². The lowest BCUT2D eigenvalue weighted by Gasteiger charge is -2.20. The van der Waals surface area contributed by atoms with Crippen LogP contribution in [0.1, 0.15) is 21.5 Å². The fourth-order valence-corrected chi connectivity index (χ4v) is 3.55. The Hall–Kier alpha value is -3.21. The highest BCUT2D eigenvalue weighted by Gasteiger charge is 2.19. The summed E-state index contributed by atoms with van der Waals surface area (Å²) in [7, 11) is 1.55. The predicted molar refractivity (Wildman–Crippen MR) is 107 cm³/mol. The van der Waals surface area contributed by atoms with Crippen molar-refractivity contribution in [2.24, 2.45) is 0 Å². The minimum atomic E-state index is -0.974. The molecule has 3 aromatic carbocycles. The molecule has 0 radical (unpaired) electrons. The molecule has 0 unspecified atom stereocenters. The van der Waals surface area contributed by atoms with E-state index in [1.807, 2.05) is 18.2 Å². The highest BCUT2D eigenvalue weighted by molar-refractivity contribution is 6.05. The Morgan fingerprint density at radius 3 is 2.50 bits per heavy atom. The van der Waals surface area contributed by atoms with Crippen LogP contribution >= 0.6 is 0 Å². The highest BCUT2D eigenvalue weighted by atomic mass is 19.2. The lowest BCUT2D eigenvalue weighted by molar-refractivity contribution is 0.0993. The molecule has 0 aromatic heterocycles. The first kappa shape index (κ1) is 18.2. The number of carbonyl (C=O) groups excluding carboxylic acids is 1. The van der Waals surface area contributed by atoms with E-state index >= 15 is 0 Å². The van der Waals surface area contributed by atoms with Crippen LogP contribution in [0.2, 0.25) is 0 Å². The molecule has 0 spiro atoms. The maximum Gasteiger partial charge on any atom is 0.258 e. The van der Waals surface area contributed by atoms with Crippen LogP contribution in [0.5, 0.6) is 0 Å². The van der Waals surface area contributed by atoms with Gasteiger partial charge in [-0.1, -0.05) is 30.3 Å². The number of carbonyl (C=O) groups is 1. The average molecular weight is 378 g/mol. The zero-order valence-electron chi connectivity index (χ0n) is 15.5. The van der Waals surface area contributed by atoms with Crippen molar-refractivity contribution in [3.8, 4) is 0 Å². The summed E-state index contributed by atoms with van der Waals surface area (Å²) in [4.78, 5) is 16.3. The Kier molecular flexibility index (Phi) is 4.82. The van der Waals surface area contributed by atoms with Gasteiger partial charge in [0.15, 0.2) is 11.6 Å². The molecule has 0 fully saturated rings. The van der Waals surface area contributed by atoms with Crippen LogP contribution < -0.4 is 9.80 Å². The normalized spacial score (nSPS) is 12.8. The van der Waals surface area contributed by atoms with Gasteiger partial charge < -0.3 is 9.80 Å². The molecule has 3 nitrogen and oxygen atoms in total. The van der Waals surface area contributed by atoms with Gasteiger partial charge in [-0.2, -0.15) is 0 Å². The quantitative estimate of drug-likeness (QED) is 0.651. The van der Waals surface area contributed by atoms with Crippen molar-refractivity contribution in [3.05, 3.63) is 95.1 Å². The summed E-state index contributed by atoms with van der Waals surface area (Å²) >= 11 is 0. The van der Waals surface area contributed by atoms with Gasteiger partial charge in [0.25, 0.3) is 5.91 Å². The molecule has 0 aliphatic carbocycles. The molecule has 0 atom stereocenters. The van der Waals surface area contributed by atoms with Gasteiger partial charge in [0, 0.05) is 43.1 Å². The van der Waals surface area contributed by atoms with E-state index in [9.17, 15) is 13.6 Å². The second kappa shape index (κ2) is 7.43. The molecule has 28 heavy (non-hydrogen) atoms. The highest BCUT2D eigenvalue weighted by Crippen LogP contribution is 2.29. The van der Waals surface area contributed by atoms with Crippen molar-refractivity contribution in [2.75, 3.05) is 23.4 Å². The van der Waals surface area contributed by atoms with Crippen LogP contribution in [0, 0.1) is 11.6 Å². The minimum Gasteiger partial charge on any atom is -0.367 e. The number of hydrogen-bond acceptors (Lipinski definition) is 2. The van der Waals surface area contributed by atoms with Crippen molar-refractivity contribution in [3.63, 3.8) is 0 Å². The van der Waals surface area contributed by atoms with E-state index in [4.69, 9.17) is 0 Å². The zero-order valence-corrected chi connectivity index (χ0v) is 15.5. The fourth-order valence-electron chi connectivity index (χ4n) is 3.55. The third-order valence-electron chi connectivity index (χ3n) is 5.15. The fraction of sp³-hybridized carbons (Fsp3) is 0.174. The van der Waals surface area contributed by atoms with E-state index in [1.54, 1.807) is 19.2 Å². The number of rotatable bonds is 4. The number of para-hydroxylation sites is 1. The summed E-state index contributed by atoms with van der Waals surface area (Å²) in [5.74, 6) is -2.18. The van der Waals surface area contributed by atoms with Gasteiger partial charge in [-0.15, -0.1) is 0 Å². The largest absolute Gasteiger partial charge is 0.367 e. The molecule has 4 rings (SSSR count). The van der Waals surface area contributed by atoms with Crippen LogP contribution in [0.3, 0.4) is 0 Å². The first-order valence-corrected chi connectivity index (χ1v) is 9.18. The molecular formula is C23H20F2N2O. The smallest absolute Gasteiger partial charge is 0.258 e. The van der Waals surface area contributed by atoms with Gasteiger partial charge in [0.1, 0.15) is 0 Å². The number of fused-ring (bicyclic) bond motifs is 1. The number of benzene rings is 3. The lowest BCUT2D eigenvalue weighted by Crippen LogP contribution is -2.26. The molecule has 0 saturated carbocycles. The molecule has 3 aromatic rings. The summed E-state index contributed by atoms with van der Waals surface area (Å²) in [5, 5.41) is 0. The second-order valence-corrected chi connectivity index (χ2v) is 6.96. The lowest BCUT2D eigenvalue weighted by atomic mass is 10.1. The molecular weight excluding hydrogens is 358 g/mol. The predicted octanol–water partition coefficient (Wildman–Crippen LogP) is 4.80. The Labute approximate surface area is 162 Å². The molecule has 1 amide bonds. The number of hydrogen-bond donors (Lipinski definition) is 0. The van der Waals surface area contributed by atoms with Crippen molar-refractivity contribution < 1.29 is 13.6 Å². The summed E-state index contributed by atoms with van der Waals surface area (Å²) in [6, 6.07) is 19.3. The first-order valence-electron chi connectivity index (χ1n) is 9.18.